The maximum atomic E-state index is 10.4. The van der Waals surface area contributed by atoms with Gasteiger partial charge in [-0.25, -0.2) is 0 Å². The number of rotatable bonds is 6. The molecule has 9 aromatic rings. The van der Waals surface area contributed by atoms with Gasteiger partial charge in [-0.2, -0.15) is 0 Å². The molecule has 0 saturated heterocycles. The van der Waals surface area contributed by atoms with Crippen LogP contribution in [0.5, 0.6) is 0 Å². The van der Waals surface area contributed by atoms with E-state index in [1.807, 2.05) is 0 Å². The molecule has 0 N–H and O–H groups in total. The van der Waals surface area contributed by atoms with Gasteiger partial charge in [-0.05, 0) is 108 Å². The van der Waals surface area contributed by atoms with E-state index >= 15 is 0 Å². The molecule has 0 heterocycles. The SMILES string of the molecule is [2H]c1c([2H])c([2H])c(-c2c([2H])c([2H])c(N(c3c([2H])c([2H])c4c(c3[2H])C(C([2H])([2H])[2H])(C([2H])([2H])[2H])c3c([2H])c([2H])c([2H])c([2H])c3-4)c3c([2H])c([2H])c([2H])c(-c4c([2H])c([2H])c([2H])c([2H])c4[2H])c3-c3c([2H])c4ccccc4c4ccccc34)c([2H])c2[2H])c([2H])c1[2H]. The molecule has 1 aliphatic rings. The molecule has 0 aromatic heterocycles. The molecule has 0 spiro atoms. The van der Waals surface area contributed by atoms with E-state index in [1.54, 1.807) is 24.3 Å². The third-order valence-electron chi connectivity index (χ3n) is 9.05. The average Bonchev–Trinajstić information content (AvgIpc) is 1.55. The van der Waals surface area contributed by atoms with E-state index in [4.69, 9.17) is 24.7 Å². The summed E-state index contributed by atoms with van der Waals surface area (Å²) in [7, 11) is 0. The van der Waals surface area contributed by atoms with Gasteiger partial charge in [-0.3, -0.25) is 0 Å². The first-order valence-corrected chi connectivity index (χ1v) is 16.3. The van der Waals surface area contributed by atoms with Crippen LogP contribution in [-0.2, 0) is 5.41 Å². The lowest BCUT2D eigenvalue weighted by Crippen LogP contribution is -2.17. The molecule has 0 aliphatic heterocycles. The lowest BCUT2D eigenvalue weighted by molar-refractivity contribution is 0.660. The third-order valence-corrected chi connectivity index (χ3v) is 9.05. The van der Waals surface area contributed by atoms with Crippen LogP contribution in [0.25, 0.3) is 66.1 Å². The topological polar surface area (TPSA) is 3.24 Å². The second-order valence-corrected chi connectivity index (χ2v) is 12.1. The number of anilines is 3. The van der Waals surface area contributed by atoms with Gasteiger partial charge >= 0.3 is 0 Å². The number of nitrogens with zero attached hydrogens (tertiary/aromatic N) is 1. The average molecular weight is 721 g/mol. The van der Waals surface area contributed by atoms with Gasteiger partial charge in [0.05, 0.1) is 40.0 Å². The summed E-state index contributed by atoms with van der Waals surface area (Å²) in [5.74, 6) is 0. The molecule has 0 radical (unpaired) electrons. The number of hydrogen-bond donors (Lipinski definition) is 0. The molecule has 10 rings (SSSR count). The lowest BCUT2D eigenvalue weighted by atomic mass is 9.82. The second-order valence-electron chi connectivity index (χ2n) is 12.1. The fourth-order valence-electron chi connectivity index (χ4n) is 6.67. The molecule has 9 aromatic carbocycles. The molecule has 0 bridgehead atoms. The molecule has 54 heavy (non-hydrogen) atoms. The van der Waals surface area contributed by atoms with E-state index in [-0.39, 0.29) is 10.8 Å². The van der Waals surface area contributed by atoms with Crippen molar-refractivity contribution in [1.29, 1.82) is 0 Å². The molecule has 0 atom stereocenters. The lowest BCUT2D eigenvalue weighted by Gasteiger charge is -2.31. The maximum Gasteiger partial charge on any atom is 0.0648 e. The fourth-order valence-corrected chi connectivity index (χ4v) is 6.67. The molecule has 1 heteroatoms. The number of hydrogen-bond acceptors (Lipinski definition) is 1. The normalized spacial score (nSPS) is 21.4. The van der Waals surface area contributed by atoms with Crippen LogP contribution in [0.3, 0.4) is 0 Å². The standard InChI is InChI=1S/C53H39N/c1-53(2)49-26-14-13-24-46(49)47-33-32-41(35-50(47)53)54(40-30-28-37(29-31-40)36-16-5-3-6-17-36)51-27-15-25-43(38-18-7-4-8-19-38)52(51)48-34-39-20-9-10-21-42(39)44-22-11-12-23-45(44)48/h3-35H,1-2H3/i1D3,2D3,3D,4D,5D,6D,7D,8D,13D,14D,15D,16D,17D,18D,19D,24D,25D,26D,27D,28D,29D,30D,31D,32D,33D,34D,35D. The summed E-state index contributed by atoms with van der Waals surface area (Å²) in [6.07, 6.45) is 0. The minimum atomic E-state index is -4.04. The quantitative estimate of drug-likeness (QED) is 0.155. The van der Waals surface area contributed by atoms with Crippen molar-refractivity contribution in [2.75, 3.05) is 4.90 Å². The van der Waals surface area contributed by atoms with Crippen LogP contribution in [0, 0.1) is 0 Å². The first-order valence-electron chi connectivity index (χ1n) is 31.8. The Kier molecular flexibility index (Phi) is 3.14. The van der Waals surface area contributed by atoms with Crippen molar-refractivity contribution in [3.05, 3.63) is 211 Å². The highest BCUT2D eigenvalue weighted by Crippen LogP contribution is 2.53. The van der Waals surface area contributed by atoms with Crippen LogP contribution in [0.4, 0.5) is 17.1 Å². The summed E-state index contributed by atoms with van der Waals surface area (Å²) in [4.78, 5) is 0.342. The Hall–Kier alpha value is -6.70. The zero-order valence-electron chi connectivity index (χ0n) is 58.6. The summed E-state index contributed by atoms with van der Waals surface area (Å²) in [5, 5.41) is 0.779. The van der Waals surface area contributed by atoms with E-state index in [0.29, 0.717) is 15.7 Å². The van der Waals surface area contributed by atoms with E-state index in [0.717, 1.165) is 0 Å². The first-order chi connectivity index (χ1) is 39.5. The first kappa shape index (κ1) is 13.3. The maximum absolute atomic E-state index is 10.4. The zero-order chi connectivity index (χ0) is 63.0. The number of benzene rings is 9. The Morgan fingerprint density at radius 3 is 1.83 bits per heavy atom. The van der Waals surface area contributed by atoms with Gasteiger partial charge in [0.1, 0.15) is 0 Å². The molecule has 0 saturated carbocycles. The van der Waals surface area contributed by atoms with Crippen molar-refractivity contribution in [3.8, 4) is 44.5 Å². The zero-order valence-corrected chi connectivity index (χ0v) is 27.6. The van der Waals surface area contributed by atoms with E-state index in [1.165, 1.54) is 24.3 Å². The predicted molar refractivity (Wildman–Crippen MR) is 230 cm³/mol. The smallest absolute Gasteiger partial charge is 0.0648 e. The highest BCUT2D eigenvalue weighted by Gasteiger charge is 2.36. The fraction of sp³-hybridized carbons (Fsp3) is 0.0566. The van der Waals surface area contributed by atoms with Crippen LogP contribution in [0.2, 0.25) is 0 Å². The summed E-state index contributed by atoms with van der Waals surface area (Å²) >= 11 is 0. The molecule has 0 amide bonds. The van der Waals surface area contributed by atoms with Crippen LogP contribution in [0.1, 0.15) is 67.3 Å². The second kappa shape index (κ2) is 12.8. The van der Waals surface area contributed by atoms with E-state index in [2.05, 4.69) is 0 Å². The van der Waals surface area contributed by atoms with Crippen molar-refractivity contribution < 1.29 is 42.5 Å². The van der Waals surface area contributed by atoms with Crippen LogP contribution >= 0.6 is 0 Å². The monoisotopic (exact) mass is 721 g/mol. The van der Waals surface area contributed by atoms with Crippen LogP contribution in [0.15, 0.2) is 200 Å². The summed E-state index contributed by atoms with van der Waals surface area (Å²) in [5.41, 5.74) is -16.8. The molecule has 1 aliphatic carbocycles. The third kappa shape index (κ3) is 5.16. The molecule has 0 unspecified atom stereocenters. The largest absolute Gasteiger partial charge is 0.310 e. The Labute approximate surface area is 361 Å². The Bertz CT molecular complexity index is 4420. The van der Waals surface area contributed by atoms with Crippen LogP contribution in [-0.4, -0.2) is 0 Å². The molecule has 256 valence electrons. The van der Waals surface area contributed by atoms with E-state index < -0.39 is 243 Å². The molecular formula is C53H39N. The van der Waals surface area contributed by atoms with Crippen molar-refractivity contribution in [2.24, 2.45) is 0 Å². The van der Waals surface area contributed by atoms with Gasteiger partial charge in [0, 0.05) is 30.6 Å². The van der Waals surface area contributed by atoms with Gasteiger partial charge in [0.2, 0.25) is 0 Å². The number of fused-ring (bicyclic) bond motifs is 6. The van der Waals surface area contributed by atoms with Crippen molar-refractivity contribution in [2.45, 2.75) is 19.1 Å². The molecule has 0 fully saturated rings. The Balaban J connectivity index is 1.57. The van der Waals surface area contributed by atoms with Crippen molar-refractivity contribution in [1.82, 2.24) is 0 Å². The Morgan fingerprint density at radius 2 is 1.06 bits per heavy atom. The van der Waals surface area contributed by atoms with E-state index in [9.17, 15) is 17.8 Å². The minimum Gasteiger partial charge on any atom is -0.310 e. The summed E-state index contributed by atoms with van der Waals surface area (Å²) < 4.78 is 286. The molecular weight excluding hydrogens is 651 g/mol. The van der Waals surface area contributed by atoms with Gasteiger partial charge < -0.3 is 4.90 Å². The van der Waals surface area contributed by atoms with Gasteiger partial charge in [-0.1, -0.05) is 177 Å². The molecule has 1 nitrogen and oxygen atoms in total. The van der Waals surface area contributed by atoms with Crippen LogP contribution < -0.4 is 4.90 Å². The summed E-state index contributed by atoms with van der Waals surface area (Å²) in [6, 6.07) is -15.8. The summed E-state index contributed by atoms with van der Waals surface area (Å²) in [6.45, 7) is -8.07. The Morgan fingerprint density at radius 1 is 0.444 bits per heavy atom. The van der Waals surface area contributed by atoms with Gasteiger partial charge in [0.25, 0.3) is 0 Å². The predicted octanol–water partition coefficient (Wildman–Crippen LogP) is 14.8. The highest BCUT2D eigenvalue weighted by atomic mass is 15.1. The van der Waals surface area contributed by atoms with Crippen molar-refractivity contribution >= 4 is 38.6 Å². The van der Waals surface area contributed by atoms with Gasteiger partial charge in [0.15, 0.2) is 0 Å². The van der Waals surface area contributed by atoms with Gasteiger partial charge in [-0.15, -0.1) is 0 Å². The minimum absolute atomic E-state index is 0.00332. The van der Waals surface area contributed by atoms with Crippen molar-refractivity contribution in [3.63, 3.8) is 0 Å². The highest BCUT2D eigenvalue weighted by molar-refractivity contribution is 6.16.